The molecule has 1 aromatic heterocycles. The first-order chi connectivity index (χ1) is 12.7. The van der Waals surface area contributed by atoms with Gasteiger partial charge in [-0.15, -0.1) is 0 Å². The van der Waals surface area contributed by atoms with E-state index in [1.165, 1.54) is 31.2 Å². The SMILES string of the molecule is CCOC(=O)c1cnn(-c2ccc(NC(=O)C(C)NC)cc2)c1C(F)(F)F. The lowest BCUT2D eigenvalue weighted by Crippen LogP contribution is -2.35. The van der Waals surface area contributed by atoms with Crippen molar-refractivity contribution in [1.29, 1.82) is 0 Å². The highest BCUT2D eigenvalue weighted by Crippen LogP contribution is 2.34. The van der Waals surface area contributed by atoms with Crippen LogP contribution < -0.4 is 10.6 Å². The number of carbonyl (C=O) groups is 2. The van der Waals surface area contributed by atoms with E-state index in [9.17, 15) is 22.8 Å². The van der Waals surface area contributed by atoms with E-state index in [2.05, 4.69) is 20.5 Å². The van der Waals surface area contributed by atoms with Gasteiger partial charge >= 0.3 is 12.1 Å². The Labute approximate surface area is 153 Å². The van der Waals surface area contributed by atoms with E-state index in [0.29, 0.717) is 10.4 Å². The molecule has 146 valence electrons. The van der Waals surface area contributed by atoms with Crippen molar-refractivity contribution >= 4 is 17.6 Å². The molecule has 27 heavy (non-hydrogen) atoms. The number of aromatic nitrogens is 2. The Balaban J connectivity index is 2.35. The van der Waals surface area contributed by atoms with E-state index in [4.69, 9.17) is 0 Å². The molecule has 1 unspecified atom stereocenters. The van der Waals surface area contributed by atoms with Gasteiger partial charge in [-0.3, -0.25) is 4.79 Å². The third kappa shape index (κ3) is 4.64. The van der Waals surface area contributed by atoms with Gasteiger partial charge in [0.2, 0.25) is 5.91 Å². The quantitative estimate of drug-likeness (QED) is 0.748. The first-order valence-electron chi connectivity index (χ1n) is 8.10. The van der Waals surface area contributed by atoms with Crippen LogP contribution in [0.15, 0.2) is 30.5 Å². The molecule has 7 nitrogen and oxygen atoms in total. The first kappa shape index (κ1) is 20.4. The Morgan fingerprint density at radius 1 is 1.26 bits per heavy atom. The minimum absolute atomic E-state index is 0.0548. The van der Waals surface area contributed by atoms with Gasteiger partial charge in [-0.05, 0) is 45.2 Å². The molecule has 0 radical (unpaired) electrons. The number of hydrogen-bond acceptors (Lipinski definition) is 5. The van der Waals surface area contributed by atoms with Gasteiger partial charge in [-0.2, -0.15) is 18.3 Å². The number of ether oxygens (including phenoxy) is 1. The number of nitrogens with zero attached hydrogens (tertiary/aromatic N) is 2. The number of amides is 1. The van der Waals surface area contributed by atoms with Gasteiger partial charge in [0.15, 0.2) is 5.69 Å². The van der Waals surface area contributed by atoms with Gasteiger partial charge in [0.1, 0.15) is 5.56 Å². The summed E-state index contributed by atoms with van der Waals surface area (Å²) in [5.41, 5.74) is -1.39. The van der Waals surface area contributed by atoms with E-state index >= 15 is 0 Å². The number of anilines is 1. The van der Waals surface area contributed by atoms with Crippen LogP contribution in [0.3, 0.4) is 0 Å². The summed E-state index contributed by atoms with van der Waals surface area (Å²) in [6.45, 7) is 3.11. The maximum atomic E-state index is 13.5. The van der Waals surface area contributed by atoms with Crippen LogP contribution in [0.1, 0.15) is 29.9 Å². The fourth-order valence-corrected chi connectivity index (χ4v) is 2.24. The van der Waals surface area contributed by atoms with Crippen molar-refractivity contribution in [1.82, 2.24) is 15.1 Å². The summed E-state index contributed by atoms with van der Waals surface area (Å²) in [5, 5.41) is 9.09. The molecular weight excluding hydrogens is 365 g/mol. The zero-order chi connectivity index (χ0) is 20.2. The lowest BCUT2D eigenvalue weighted by atomic mass is 10.2. The zero-order valence-electron chi connectivity index (χ0n) is 14.9. The molecule has 1 atom stereocenters. The Bertz CT molecular complexity index is 816. The molecule has 0 saturated heterocycles. The van der Waals surface area contributed by atoms with Gasteiger partial charge in [0.05, 0.1) is 24.5 Å². The van der Waals surface area contributed by atoms with Crippen molar-refractivity contribution in [3.63, 3.8) is 0 Å². The van der Waals surface area contributed by atoms with E-state index in [1.807, 2.05) is 0 Å². The van der Waals surface area contributed by atoms with Crippen molar-refractivity contribution in [2.24, 2.45) is 0 Å². The predicted molar refractivity (Wildman–Crippen MR) is 91.7 cm³/mol. The predicted octanol–water partition coefficient (Wildman–Crippen LogP) is 2.61. The van der Waals surface area contributed by atoms with Crippen LogP contribution in [0, 0.1) is 0 Å². The van der Waals surface area contributed by atoms with Gasteiger partial charge in [-0.1, -0.05) is 0 Å². The average Bonchev–Trinajstić information content (AvgIpc) is 3.07. The summed E-state index contributed by atoms with van der Waals surface area (Å²) in [6.07, 6.45) is -3.99. The maximum absolute atomic E-state index is 13.5. The van der Waals surface area contributed by atoms with E-state index < -0.39 is 29.4 Å². The average molecular weight is 384 g/mol. The van der Waals surface area contributed by atoms with Crippen LogP contribution in [0.4, 0.5) is 18.9 Å². The van der Waals surface area contributed by atoms with Crippen LogP contribution in [0.2, 0.25) is 0 Å². The molecule has 0 aliphatic carbocycles. The summed E-state index contributed by atoms with van der Waals surface area (Å²) >= 11 is 0. The number of benzene rings is 1. The molecule has 2 N–H and O–H groups in total. The van der Waals surface area contributed by atoms with Crippen molar-refractivity contribution in [3.05, 3.63) is 41.7 Å². The summed E-state index contributed by atoms with van der Waals surface area (Å²) < 4.78 is 45.7. The molecular formula is C17H19F3N4O3. The number of nitrogens with one attached hydrogen (secondary N) is 2. The summed E-state index contributed by atoms with van der Waals surface area (Å²) in [7, 11) is 1.63. The molecule has 0 aliphatic heterocycles. The molecule has 0 bridgehead atoms. The maximum Gasteiger partial charge on any atom is 0.434 e. The molecule has 2 rings (SSSR count). The number of hydrogen-bond donors (Lipinski definition) is 2. The van der Waals surface area contributed by atoms with Crippen molar-refractivity contribution in [3.8, 4) is 5.69 Å². The Kier molecular flexibility index (Phi) is 6.21. The molecule has 0 aliphatic rings. The Morgan fingerprint density at radius 2 is 1.89 bits per heavy atom. The number of rotatable bonds is 6. The summed E-state index contributed by atoms with van der Waals surface area (Å²) in [4.78, 5) is 23.6. The fourth-order valence-electron chi connectivity index (χ4n) is 2.24. The first-order valence-corrected chi connectivity index (χ1v) is 8.10. The standard InChI is InChI=1S/C17H19F3N4O3/c1-4-27-16(26)13-9-22-24(14(13)17(18,19)20)12-7-5-11(6-8-12)23-15(25)10(2)21-3/h5-10,21H,4H2,1-3H3,(H,23,25). The highest BCUT2D eigenvalue weighted by atomic mass is 19.4. The van der Waals surface area contributed by atoms with Crippen molar-refractivity contribution < 1.29 is 27.5 Å². The lowest BCUT2D eigenvalue weighted by Gasteiger charge is -2.14. The van der Waals surface area contributed by atoms with E-state index in [-0.39, 0.29) is 18.2 Å². The highest BCUT2D eigenvalue weighted by molar-refractivity contribution is 5.94. The normalized spacial score (nSPS) is 12.5. The number of likely N-dealkylation sites (N-methyl/N-ethyl adjacent to an activating group) is 1. The van der Waals surface area contributed by atoms with Crippen LogP contribution >= 0.6 is 0 Å². The Morgan fingerprint density at radius 3 is 2.41 bits per heavy atom. The molecule has 1 heterocycles. The number of halogens is 3. The van der Waals surface area contributed by atoms with Crippen molar-refractivity contribution in [2.75, 3.05) is 19.0 Å². The summed E-state index contributed by atoms with van der Waals surface area (Å²) in [5.74, 6) is -1.38. The van der Waals surface area contributed by atoms with Crippen LogP contribution in [-0.2, 0) is 15.7 Å². The molecule has 1 aromatic carbocycles. The third-order valence-electron chi connectivity index (χ3n) is 3.74. The second-order valence-electron chi connectivity index (χ2n) is 5.58. The second-order valence-corrected chi connectivity index (χ2v) is 5.58. The molecule has 0 spiro atoms. The molecule has 1 amide bonds. The smallest absolute Gasteiger partial charge is 0.434 e. The number of carbonyl (C=O) groups excluding carboxylic acids is 2. The number of esters is 1. The third-order valence-corrected chi connectivity index (χ3v) is 3.74. The second kappa shape index (κ2) is 8.21. The van der Waals surface area contributed by atoms with Gasteiger partial charge in [0, 0.05) is 5.69 Å². The topological polar surface area (TPSA) is 85.2 Å². The molecule has 0 saturated carbocycles. The fraction of sp³-hybridized carbons (Fsp3) is 0.353. The van der Waals surface area contributed by atoms with Gasteiger partial charge in [-0.25, -0.2) is 9.48 Å². The van der Waals surface area contributed by atoms with Crippen molar-refractivity contribution in [2.45, 2.75) is 26.1 Å². The van der Waals surface area contributed by atoms with Crippen LogP contribution in [0.25, 0.3) is 5.69 Å². The minimum atomic E-state index is -4.81. The highest BCUT2D eigenvalue weighted by Gasteiger charge is 2.41. The largest absolute Gasteiger partial charge is 0.462 e. The minimum Gasteiger partial charge on any atom is -0.462 e. The Hall–Kier alpha value is -2.88. The lowest BCUT2D eigenvalue weighted by molar-refractivity contribution is -0.143. The van der Waals surface area contributed by atoms with Crippen LogP contribution in [-0.4, -0.2) is 41.4 Å². The van der Waals surface area contributed by atoms with Gasteiger partial charge in [0.25, 0.3) is 0 Å². The molecule has 2 aromatic rings. The molecule has 10 heteroatoms. The van der Waals surface area contributed by atoms with Crippen LogP contribution in [0.5, 0.6) is 0 Å². The zero-order valence-corrected chi connectivity index (χ0v) is 14.9. The molecule has 0 fully saturated rings. The van der Waals surface area contributed by atoms with E-state index in [1.54, 1.807) is 14.0 Å². The number of alkyl halides is 3. The monoisotopic (exact) mass is 384 g/mol. The van der Waals surface area contributed by atoms with Gasteiger partial charge < -0.3 is 15.4 Å². The summed E-state index contributed by atoms with van der Waals surface area (Å²) in [6, 6.07) is 5.18. The van der Waals surface area contributed by atoms with E-state index in [0.717, 1.165) is 6.20 Å².